The van der Waals surface area contributed by atoms with Crippen molar-refractivity contribution in [1.29, 1.82) is 0 Å². The Kier molecular flexibility index (Phi) is 4.20. The number of anilines is 2. The normalized spacial score (nSPS) is 12.9. The fourth-order valence-electron chi connectivity index (χ4n) is 3.19. The fraction of sp³-hybridized carbons (Fsp3) is 0.150. The van der Waals surface area contributed by atoms with Gasteiger partial charge >= 0.3 is 0 Å². The van der Waals surface area contributed by atoms with E-state index in [-0.39, 0.29) is 23.2 Å². The van der Waals surface area contributed by atoms with Crippen molar-refractivity contribution in [3.8, 4) is 5.75 Å². The number of nitrogens with one attached hydrogen (secondary N) is 2. The van der Waals surface area contributed by atoms with E-state index in [0.717, 1.165) is 22.0 Å². The molecule has 4 rings (SSSR count). The first kappa shape index (κ1) is 17.3. The number of para-hydroxylation sites is 1. The Balaban J connectivity index is 1.71. The summed E-state index contributed by atoms with van der Waals surface area (Å²) in [6, 6.07) is 10.8. The standard InChI is InChI=1S/C20H16ClN3O3/c1-10-6-11(2)17-12(7-10)8-13(19(21)24-17)20(26)23-15-5-3-4-14-18(15)27-9-16(25)22-14/h3-8H,9H2,1-2H3,(H,22,25)(H,23,26). The Bertz CT molecular complexity index is 1110. The molecule has 1 aromatic heterocycles. The number of hydrogen-bond donors (Lipinski definition) is 2. The highest BCUT2D eigenvalue weighted by Gasteiger charge is 2.21. The third-order valence-corrected chi connectivity index (χ3v) is 4.62. The molecular formula is C20H16ClN3O3. The summed E-state index contributed by atoms with van der Waals surface area (Å²) in [5, 5.41) is 6.48. The van der Waals surface area contributed by atoms with Crippen LogP contribution < -0.4 is 15.4 Å². The molecule has 1 aliphatic heterocycles. The van der Waals surface area contributed by atoms with Gasteiger partial charge in [-0.05, 0) is 43.7 Å². The molecule has 7 heteroatoms. The van der Waals surface area contributed by atoms with E-state index in [2.05, 4.69) is 15.6 Å². The fourth-order valence-corrected chi connectivity index (χ4v) is 3.42. The number of nitrogens with zero attached hydrogens (tertiary/aromatic N) is 1. The first-order valence-electron chi connectivity index (χ1n) is 8.37. The molecule has 0 saturated carbocycles. The lowest BCUT2D eigenvalue weighted by Crippen LogP contribution is -2.26. The largest absolute Gasteiger partial charge is 0.479 e. The molecule has 2 amide bonds. The van der Waals surface area contributed by atoms with Gasteiger partial charge in [-0.2, -0.15) is 0 Å². The third kappa shape index (κ3) is 3.19. The molecule has 2 aromatic carbocycles. The number of aromatic nitrogens is 1. The second-order valence-corrected chi connectivity index (χ2v) is 6.81. The monoisotopic (exact) mass is 381 g/mol. The highest BCUT2D eigenvalue weighted by Crippen LogP contribution is 2.36. The zero-order chi connectivity index (χ0) is 19.1. The van der Waals surface area contributed by atoms with Gasteiger partial charge in [0.25, 0.3) is 11.8 Å². The molecule has 0 atom stereocenters. The van der Waals surface area contributed by atoms with Crippen LogP contribution in [0.4, 0.5) is 11.4 Å². The quantitative estimate of drug-likeness (QED) is 0.655. The van der Waals surface area contributed by atoms with Gasteiger partial charge in [0.2, 0.25) is 0 Å². The van der Waals surface area contributed by atoms with Gasteiger partial charge in [-0.25, -0.2) is 4.98 Å². The number of amides is 2. The summed E-state index contributed by atoms with van der Waals surface area (Å²) in [5.41, 5.74) is 4.08. The molecule has 2 N–H and O–H groups in total. The molecule has 27 heavy (non-hydrogen) atoms. The van der Waals surface area contributed by atoms with E-state index in [1.807, 2.05) is 26.0 Å². The number of benzene rings is 2. The Morgan fingerprint density at radius 3 is 2.89 bits per heavy atom. The van der Waals surface area contributed by atoms with E-state index in [1.165, 1.54) is 0 Å². The van der Waals surface area contributed by atoms with Crippen LogP contribution in [0.25, 0.3) is 10.9 Å². The summed E-state index contributed by atoms with van der Waals surface area (Å²) in [7, 11) is 0. The Morgan fingerprint density at radius 1 is 1.26 bits per heavy atom. The van der Waals surface area contributed by atoms with Gasteiger partial charge in [0.15, 0.2) is 12.4 Å². The van der Waals surface area contributed by atoms with Gasteiger partial charge < -0.3 is 15.4 Å². The summed E-state index contributed by atoms with van der Waals surface area (Å²) >= 11 is 6.28. The third-order valence-electron chi connectivity index (χ3n) is 4.34. The van der Waals surface area contributed by atoms with Crippen LogP contribution in [-0.4, -0.2) is 23.4 Å². The molecule has 0 fully saturated rings. The highest BCUT2D eigenvalue weighted by atomic mass is 35.5. The summed E-state index contributed by atoms with van der Waals surface area (Å²) in [6.07, 6.45) is 0. The number of carbonyl (C=O) groups excluding carboxylic acids is 2. The second kappa shape index (κ2) is 6.55. The van der Waals surface area contributed by atoms with Gasteiger partial charge in [0.05, 0.1) is 22.5 Å². The van der Waals surface area contributed by atoms with E-state index in [0.29, 0.717) is 17.1 Å². The number of hydrogen-bond acceptors (Lipinski definition) is 4. The summed E-state index contributed by atoms with van der Waals surface area (Å²) < 4.78 is 5.46. The van der Waals surface area contributed by atoms with Crippen molar-refractivity contribution < 1.29 is 14.3 Å². The van der Waals surface area contributed by atoms with Crippen molar-refractivity contribution >= 4 is 45.7 Å². The van der Waals surface area contributed by atoms with Crippen LogP contribution >= 0.6 is 11.6 Å². The van der Waals surface area contributed by atoms with Gasteiger partial charge in [-0.1, -0.05) is 29.3 Å². The molecule has 0 spiro atoms. The van der Waals surface area contributed by atoms with E-state index in [4.69, 9.17) is 16.3 Å². The lowest BCUT2D eigenvalue weighted by atomic mass is 10.1. The summed E-state index contributed by atoms with van der Waals surface area (Å²) in [5.74, 6) is -0.219. The molecule has 0 unspecified atom stereocenters. The van der Waals surface area contributed by atoms with Crippen LogP contribution in [0.15, 0.2) is 36.4 Å². The van der Waals surface area contributed by atoms with Crippen LogP contribution in [0.2, 0.25) is 5.15 Å². The lowest BCUT2D eigenvalue weighted by Gasteiger charge is -2.21. The van der Waals surface area contributed by atoms with Gasteiger partial charge in [-0.15, -0.1) is 0 Å². The number of rotatable bonds is 2. The molecule has 136 valence electrons. The van der Waals surface area contributed by atoms with E-state index < -0.39 is 5.91 Å². The number of carbonyl (C=O) groups is 2. The lowest BCUT2D eigenvalue weighted by molar-refractivity contribution is -0.118. The summed E-state index contributed by atoms with van der Waals surface area (Å²) in [6.45, 7) is 3.85. The van der Waals surface area contributed by atoms with Gasteiger partial charge in [0, 0.05) is 5.39 Å². The number of fused-ring (bicyclic) bond motifs is 2. The van der Waals surface area contributed by atoms with E-state index >= 15 is 0 Å². The minimum atomic E-state index is -0.401. The van der Waals surface area contributed by atoms with Crippen LogP contribution in [0, 0.1) is 13.8 Å². The SMILES string of the molecule is Cc1cc(C)c2nc(Cl)c(C(=O)Nc3cccc4c3OCC(=O)N4)cc2c1. The molecule has 0 radical (unpaired) electrons. The average molecular weight is 382 g/mol. The predicted octanol–water partition coefficient (Wildman–Crippen LogP) is 4.09. The number of ether oxygens (including phenoxy) is 1. The Hall–Kier alpha value is -3.12. The molecule has 0 saturated heterocycles. The van der Waals surface area contributed by atoms with Crippen molar-refractivity contribution in [3.05, 3.63) is 58.2 Å². The minimum absolute atomic E-state index is 0.100. The van der Waals surface area contributed by atoms with Crippen LogP contribution in [-0.2, 0) is 4.79 Å². The summed E-state index contributed by atoms with van der Waals surface area (Å²) in [4.78, 5) is 28.7. The van der Waals surface area contributed by atoms with Crippen molar-refractivity contribution in [2.45, 2.75) is 13.8 Å². The van der Waals surface area contributed by atoms with Crippen molar-refractivity contribution in [2.24, 2.45) is 0 Å². The average Bonchev–Trinajstić information content (AvgIpc) is 2.61. The first-order valence-corrected chi connectivity index (χ1v) is 8.74. The number of aryl methyl sites for hydroxylation is 2. The van der Waals surface area contributed by atoms with E-state index in [1.54, 1.807) is 24.3 Å². The topological polar surface area (TPSA) is 80.3 Å². The van der Waals surface area contributed by atoms with Gasteiger partial charge in [-0.3, -0.25) is 9.59 Å². The maximum Gasteiger partial charge on any atom is 0.262 e. The van der Waals surface area contributed by atoms with Crippen LogP contribution in [0.1, 0.15) is 21.5 Å². The molecular weight excluding hydrogens is 366 g/mol. The molecule has 0 aliphatic carbocycles. The zero-order valence-corrected chi connectivity index (χ0v) is 15.5. The van der Waals surface area contributed by atoms with Gasteiger partial charge in [0.1, 0.15) is 5.15 Å². The van der Waals surface area contributed by atoms with Crippen LogP contribution in [0.3, 0.4) is 0 Å². The molecule has 2 heterocycles. The predicted molar refractivity (Wildman–Crippen MR) is 105 cm³/mol. The van der Waals surface area contributed by atoms with E-state index in [9.17, 15) is 9.59 Å². The molecule has 3 aromatic rings. The zero-order valence-electron chi connectivity index (χ0n) is 14.7. The maximum atomic E-state index is 12.8. The number of halogens is 1. The Morgan fingerprint density at radius 2 is 2.07 bits per heavy atom. The van der Waals surface area contributed by atoms with Crippen LogP contribution in [0.5, 0.6) is 5.75 Å². The Labute approximate surface area is 160 Å². The minimum Gasteiger partial charge on any atom is -0.479 e. The second-order valence-electron chi connectivity index (χ2n) is 6.45. The highest BCUT2D eigenvalue weighted by molar-refractivity contribution is 6.34. The van der Waals surface area contributed by atoms with Crippen molar-refractivity contribution in [2.75, 3.05) is 17.2 Å². The maximum absolute atomic E-state index is 12.8. The van der Waals surface area contributed by atoms with Crippen molar-refractivity contribution in [1.82, 2.24) is 4.98 Å². The number of pyridine rings is 1. The first-order chi connectivity index (χ1) is 12.9. The molecule has 0 bridgehead atoms. The smallest absolute Gasteiger partial charge is 0.262 e. The molecule has 6 nitrogen and oxygen atoms in total. The van der Waals surface area contributed by atoms with Crippen molar-refractivity contribution in [3.63, 3.8) is 0 Å². The molecule has 1 aliphatic rings.